The number of hydrogen-bond donors (Lipinski definition) is 1. The molecule has 0 atom stereocenters. The molecular formula is C15H20F3N. The molecule has 0 heterocycles. The van der Waals surface area contributed by atoms with Gasteiger partial charge in [0.2, 0.25) is 0 Å². The van der Waals surface area contributed by atoms with E-state index in [9.17, 15) is 13.2 Å². The van der Waals surface area contributed by atoms with Crippen molar-refractivity contribution in [3.05, 3.63) is 34.9 Å². The highest BCUT2D eigenvalue weighted by Crippen LogP contribution is 2.38. The van der Waals surface area contributed by atoms with Crippen LogP contribution in [0.5, 0.6) is 0 Å². The summed E-state index contributed by atoms with van der Waals surface area (Å²) in [7, 11) is 0. The quantitative estimate of drug-likeness (QED) is 0.855. The molecule has 1 aliphatic rings. The van der Waals surface area contributed by atoms with Crippen LogP contribution in [0.2, 0.25) is 0 Å². The number of halogens is 3. The standard InChI is InChI=1S/C15H20F3N/c1-10-6-13(8-14(7-10)15(16,17)18)12-4-2-11(9-19)3-5-12/h6-8,11-12H,2-5,9,19H2,1H3. The van der Waals surface area contributed by atoms with Crippen LogP contribution in [0.25, 0.3) is 0 Å². The molecule has 106 valence electrons. The van der Waals surface area contributed by atoms with E-state index in [4.69, 9.17) is 5.73 Å². The lowest BCUT2D eigenvalue weighted by Gasteiger charge is -2.28. The number of hydrogen-bond acceptors (Lipinski definition) is 1. The second-order valence-electron chi connectivity index (χ2n) is 5.58. The maximum absolute atomic E-state index is 12.8. The summed E-state index contributed by atoms with van der Waals surface area (Å²) in [6.45, 7) is 2.42. The monoisotopic (exact) mass is 271 g/mol. The molecule has 1 saturated carbocycles. The third-order valence-electron chi connectivity index (χ3n) is 4.08. The van der Waals surface area contributed by atoms with Crippen LogP contribution in [-0.4, -0.2) is 6.54 Å². The summed E-state index contributed by atoms with van der Waals surface area (Å²) in [5.41, 5.74) is 6.64. The van der Waals surface area contributed by atoms with Crippen LogP contribution in [0, 0.1) is 12.8 Å². The van der Waals surface area contributed by atoms with Gasteiger partial charge in [0.05, 0.1) is 5.56 Å². The molecule has 4 heteroatoms. The molecule has 1 fully saturated rings. The molecule has 0 saturated heterocycles. The van der Waals surface area contributed by atoms with Gasteiger partial charge in [-0.3, -0.25) is 0 Å². The molecule has 0 radical (unpaired) electrons. The van der Waals surface area contributed by atoms with Crippen LogP contribution < -0.4 is 5.73 Å². The van der Waals surface area contributed by atoms with E-state index in [0.717, 1.165) is 31.2 Å². The SMILES string of the molecule is Cc1cc(C2CCC(CN)CC2)cc(C(F)(F)F)c1. The van der Waals surface area contributed by atoms with Gasteiger partial charge in [-0.1, -0.05) is 11.6 Å². The highest BCUT2D eigenvalue weighted by molar-refractivity contribution is 5.33. The van der Waals surface area contributed by atoms with Crippen LogP contribution in [-0.2, 0) is 6.18 Å². The maximum Gasteiger partial charge on any atom is 0.416 e. The van der Waals surface area contributed by atoms with Crippen molar-refractivity contribution in [2.75, 3.05) is 6.54 Å². The Labute approximate surface area is 112 Å². The van der Waals surface area contributed by atoms with Crippen molar-refractivity contribution in [2.24, 2.45) is 11.7 Å². The zero-order chi connectivity index (χ0) is 14.0. The smallest absolute Gasteiger partial charge is 0.330 e. The van der Waals surface area contributed by atoms with Crippen LogP contribution in [0.3, 0.4) is 0 Å². The van der Waals surface area contributed by atoms with E-state index >= 15 is 0 Å². The Morgan fingerprint density at radius 2 is 1.74 bits per heavy atom. The average molecular weight is 271 g/mol. The first-order valence-electron chi connectivity index (χ1n) is 6.79. The molecule has 0 aliphatic heterocycles. The number of nitrogens with two attached hydrogens (primary N) is 1. The fraction of sp³-hybridized carbons (Fsp3) is 0.600. The minimum atomic E-state index is -4.25. The predicted molar refractivity (Wildman–Crippen MR) is 69.9 cm³/mol. The Hall–Kier alpha value is -1.03. The van der Waals surface area contributed by atoms with Crippen molar-refractivity contribution in [3.63, 3.8) is 0 Å². The first kappa shape index (κ1) is 14.4. The van der Waals surface area contributed by atoms with Gasteiger partial charge in [-0.2, -0.15) is 13.2 Å². The van der Waals surface area contributed by atoms with Crippen molar-refractivity contribution in [2.45, 2.75) is 44.7 Å². The highest BCUT2D eigenvalue weighted by atomic mass is 19.4. The second kappa shape index (κ2) is 5.53. The zero-order valence-corrected chi connectivity index (χ0v) is 11.1. The first-order valence-corrected chi connectivity index (χ1v) is 6.79. The number of benzene rings is 1. The molecule has 1 aliphatic carbocycles. The van der Waals surface area contributed by atoms with Crippen molar-refractivity contribution in [1.82, 2.24) is 0 Å². The molecular weight excluding hydrogens is 251 g/mol. The molecule has 2 N–H and O–H groups in total. The fourth-order valence-corrected chi connectivity index (χ4v) is 2.94. The van der Waals surface area contributed by atoms with Gasteiger partial charge in [-0.05, 0) is 68.7 Å². The lowest BCUT2D eigenvalue weighted by molar-refractivity contribution is -0.137. The molecule has 0 spiro atoms. The predicted octanol–water partition coefficient (Wildman–Crippen LogP) is 4.25. The molecule has 1 nitrogen and oxygen atoms in total. The summed E-state index contributed by atoms with van der Waals surface area (Å²) in [4.78, 5) is 0. The Bertz CT molecular complexity index is 432. The maximum atomic E-state index is 12.8. The average Bonchev–Trinajstić information content (AvgIpc) is 2.37. The molecule has 1 aromatic rings. The van der Waals surface area contributed by atoms with Crippen LogP contribution >= 0.6 is 0 Å². The van der Waals surface area contributed by atoms with Gasteiger partial charge in [0, 0.05) is 0 Å². The summed E-state index contributed by atoms with van der Waals surface area (Å²) in [6.07, 6.45) is -0.312. The molecule has 1 aromatic carbocycles. The second-order valence-corrected chi connectivity index (χ2v) is 5.58. The van der Waals surface area contributed by atoms with E-state index in [1.165, 1.54) is 12.1 Å². The van der Waals surface area contributed by atoms with Gasteiger partial charge < -0.3 is 5.73 Å². The van der Waals surface area contributed by atoms with Gasteiger partial charge in [-0.15, -0.1) is 0 Å². The summed E-state index contributed by atoms with van der Waals surface area (Å²) >= 11 is 0. The Balaban J connectivity index is 2.19. The third kappa shape index (κ3) is 3.50. The lowest BCUT2D eigenvalue weighted by Crippen LogP contribution is -2.20. The summed E-state index contributed by atoms with van der Waals surface area (Å²) in [6, 6.07) is 4.43. The summed E-state index contributed by atoms with van der Waals surface area (Å²) < 4.78 is 38.4. The van der Waals surface area contributed by atoms with Gasteiger partial charge >= 0.3 is 6.18 Å². The van der Waals surface area contributed by atoms with Gasteiger partial charge in [0.1, 0.15) is 0 Å². The summed E-state index contributed by atoms with van der Waals surface area (Å²) in [5, 5.41) is 0. The number of alkyl halides is 3. The molecule has 2 rings (SSSR count). The minimum absolute atomic E-state index is 0.254. The lowest BCUT2D eigenvalue weighted by atomic mass is 9.78. The number of rotatable bonds is 2. The number of aryl methyl sites for hydroxylation is 1. The van der Waals surface area contributed by atoms with E-state index in [1.54, 1.807) is 6.92 Å². The topological polar surface area (TPSA) is 26.0 Å². The van der Waals surface area contributed by atoms with Crippen LogP contribution in [0.15, 0.2) is 18.2 Å². The van der Waals surface area contributed by atoms with Crippen molar-refractivity contribution in [3.8, 4) is 0 Å². The third-order valence-corrected chi connectivity index (χ3v) is 4.08. The fourth-order valence-electron chi connectivity index (χ4n) is 2.94. The van der Waals surface area contributed by atoms with E-state index in [-0.39, 0.29) is 5.92 Å². The van der Waals surface area contributed by atoms with Crippen LogP contribution in [0.4, 0.5) is 13.2 Å². The largest absolute Gasteiger partial charge is 0.416 e. The minimum Gasteiger partial charge on any atom is -0.330 e. The van der Waals surface area contributed by atoms with E-state index < -0.39 is 11.7 Å². The Morgan fingerprint density at radius 1 is 1.11 bits per heavy atom. The van der Waals surface area contributed by atoms with E-state index in [2.05, 4.69) is 0 Å². The Morgan fingerprint density at radius 3 is 2.26 bits per heavy atom. The Kier molecular flexibility index (Phi) is 4.19. The molecule has 0 amide bonds. The van der Waals surface area contributed by atoms with Crippen LogP contribution in [0.1, 0.15) is 48.3 Å². The van der Waals surface area contributed by atoms with Crippen molar-refractivity contribution < 1.29 is 13.2 Å². The first-order chi connectivity index (χ1) is 8.90. The molecule has 0 aromatic heterocycles. The normalized spacial score (nSPS) is 24.5. The van der Waals surface area contributed by atoms with Gasteiger partial charge in [0.25, 0.3) is 0 Å². The van der Waals surface area contributed by atoms with E-state index in [1.807, 2.05) is 6.07 Å². The van der Waals surface area contributed by atoms with Crippen molar-refractivity contribution in [1.29, 1.82) is 0 Å². The molecule has 19 heavy (non-hydrogen) atoms. The van der Waals surface area contributed by atoms with Gasteiger partial charge in [0.15, 0.2) is 0 Å². The van der Waals surface area contributed by atoms with Gasteiger partial charge in [-0.25, -0.2) is 0 Å². The molecule has 0 unspecified atom stereocenters. The highest BCUT2D eigenvalue weighted by Gasteiger charge is 2.32. The van der Waals surface area contributed by atoms with Crippen molar-refractivity contribution >= 4 is 0 Å². The van der Waals surface area contributed by atoms with E-state index in [0.29, 0.717) is 18.0 Å². The molecule has 0 bridgehead atoms. The summed E-state index contributed by atoms with van der Waals surface area (Å²) in [5.74, 6) is 0.798. The zero-order valence-electron chi connectivity index (χ0n) is 11.1.